The van der Waals surface area contributed by atoms with Gasteiger partial charge >= 0.3 is 0 Å². The molecule has 5 heteroatoms. The Balaban J connectivity index is 2.19. The van der Waals surface area contributed by atoms with E-state index in [0.717, 1.165) is 32.0 Å². The maximum atomic E-state index is 9.75. The van der Waals surface area contributed by atoms with E-state index in [1.54, 1.807) is 12.1 Å². The monoisotopic (exact) mass is 221 g/mol. The SMILES string of the molecule is N/N=C\c1ccc(N2CCOCC2)cc1O. The molecule has 16 heavy (non-hydrogen) atoms. The second-order valence-corrected chi connectivity index (χ2v) is 3.62. The lowest BCUT2D eigenvalue weighted by Crippen LogP contribution is -2.36. The van der Waals surface area contributed by atoms with E-state index in [-0.39, 0.29) is 5.75 Å². The van der Waals surface area contributed by atoms with Gasteiger partial charge in [0.1, 0.15) is 5.75 Å². The van der Waals surface area contributed by atoms with Crippen molar-refractivity contribution in [2.75, 3.05) is 31.2 Å². The van der Waals surface area contributed by atoms with Crippen LogP contribution in [0.4, 0.5) is 5.69 Å². The lowest BCUT2D eigenvalue weighted by Gasteiger charge is -2.29. The van der Waals surface area contributed by atoms with Crippen LogP contribution < -0.4 is 10.7 Å². The van der Waals surface area contributed by atoms with Crippen molar-refractivity contribution in [2.24, 2.45) is 10.9 Å². The molecular formula is C11H15N3O2. The summed E-state index contributed by atoms with van der Waals surface area (Å²) >= 11 is 0. The Bertz CT molecular complexity index is 387. The number of phenols is 1. The minimum absolute atomic E-state index is 0.193. The summed E-state index contributed by atoms with van der Waals surface area (Å²) in [5.74, 6) is 5.23. The van der Waals surface area contributed by atoms with E-state index in [2.05, 4.69) is 10.0 Å². The summed E-state index contributed by atoms with van der Waals surface area (Å²) in [6.07, 6.45) is 1.43. The van der Waals surface area contributed by atoms with Crippen molar-refractivity contribution in [1.82, 2.24) is 0 Å². The second-order valence-electron chi connectivity index (χ2n) is 3.62. The number of anilines is 1. The van der Waals surface area contributed by atoms with Gasteiger partial charge in [-0.25, -0.2) is 0 Å². The number of ether oxygens (including phenoxy) is 1. The van der Waals surface area contributed by atoms with Gasteiger partial charge in [-0.2, -0.15) is 5.10 Å². The summed E-state index contributed by atoms with van der Waals surface area (Å²) in [5.41, 5.74) is 1.62. The highest BCUT2D eigenvalue weighted by molar-refractivity contribution is 5.84. The summed E-state index contributed by atoms with van der Waals surface area (Å²) in [4.78, 5) is 2.17. The van der Waals surface area contributed by atoms with Gasteiger partial charge in [0, 0.05) is 30.4 Å². The molecule has 0 aliphatic carbocycles. The van der Waals surface area contributed by atoms with Crippen LogP contribution >= 0.6 is 0 Å². The Morgan fingerprint density at radius 1 is 1.38 bits per heavy atom. The van der Waals surface area contributed by atoms with Crippen molar-refractivity contribution >= 4 is 11.9 Å². The van der Waals surface area contributed by atoms with Gasteiger partial charge in [0.05, 0.1) is 19.4 Å². The number of hydrogen-bond acceptors (Lipinski definition) is 5. The number of nitrogens with zero attached hydrogens (tertiary/aromatic N) is 2. The van der Waals surface area contributed by atoms with Crippen LogP contribution in [0.15, 0.2) is 23.3 Å². The number of morpholine rings is 1. The number of nitrogens with two attached hydrogens (primary N) is 1. The molecule has 86 valence electrons. The highest BCUT2D eigenvalue weighted by Crippen LogP contribution is 2.24. The first-order chi connectivity index (χ1) is 7.81. The van der Waals surface area contributed by atoms with Gasteiger partial charge in [-0.05, 0) is 12.1 Å². The normalized spacial score (nSPS) is 16.9. The molecule has 0 atom stereocenters. The molecule has 5 nitrogen and oxygen atoms in total. The quantitative estimate of drug-likeness (QED) is 0.434. The standard InChI is InChI=1S/C11H15N3O2/c12-13-8-9-1-2-10(7-11(9)15)14-3-5-16-6-4-14/h1-2,7-8,15H,3-6,12H2/b13-8-. The average molecular weight is 221 g/mol. The molecule has 1 aliphatic heterocycles. The summed E-state index contributed by atoms with van der Waals surface area (Å²) in [6, 6.07) is 5.47. The number of aromatic hydroxyl groups is 1. The van der Waals surface area contributed by atoms with Crippen LogP contribution in [0.25, 0.3) is 0 Å². The van der Waals surface area contributed by atoms with Crippen LogP contribution in [-0.2, 0) is 4.74 Å². The van der Waals surface area contributed by atoms with Gasteiger partial charge in [0.25, 0.3) is 0 Å². The molecule has 3 N–H and O–H groups in total. The second kappa shape index (κ2) is 4.85. The zero-order valence-corrected chi connectivity index (χ0v) is 8.97. The van der Waals surface area contributed by atoms with E-state index in [1.165, 1.54) is 6.21 Å². The Labute approximate surface area is 94.1 Å². The maximum Gasteiger partial charge on any atom is 0.126 e. The first kappa shape index (κ1) is 10.8. The predicted molar refractivity (Wildman–Crippen MR) is 62.9 cm³/mol. The van der Waals surface area contributed by atoms with Crippen molar-refractivity contribution in [3.8, 4) is 5.75 Å². The largest absolute Gasteiger partial charge is 0.507 e. The number of rotatable bonds is 2. The molecule has 0 saturated carbocycles. The molecule has 0 bridgehead atoms. The van der Waals surface area contributed by atoms with Crippen LogP contribution in [0.1, 0.15) is 5.56 Å². The first-order valence-electron chi connectivity index (χ1n) is 5.20. The summed E-state index contributed by atoms with van der Waals surface area (Å²) in [6.45, 7) is 3.16. The van der Waals surface area contributed by atoms with Crippen LogP contribution in [0.3, 0.4) is 0 Å². The van der Waals surface area contributed by atoms with Crippen molar-refractivity contribution < 1.29 is 9.84 Å². The third kappa shape index (κ3) is 2.25. The highest BCUT2D eigenvalue weighted by Gasteiger charge is 2.12. The predicted octanol–water partition coefficient (Wildman–Crippen LogP) is 0.521. The van der Waals surface area contributed by atoms with Gasteiger partial charge in [0.2, 0.25) is 0 Å². The Morgan fingerprint density at radius 2 is 2.12 bits per heavy atom. The van der Waals surface area contributed by atoms with E-state index in [0.29, 0.717) is 5.56 Å². The minimum Gasteiger partial charge on any atom is -0.507 e. The molecule has 1 saturated heterocycles. The molecule has 1 aromatic carbocycles. The van der Waals surface area contributed by atoms with E-state index in [4.69, 9.17) is 10.6 Å². The molecule has 1 fully saturated rings. The fraction of sp³-hybridized carbons (Fsp3) is 0.364. The fourth-order valence-corrected chi connectivity index (χ4v) is 1.74. The van der Waals surface area contributed by atoms with Gasteiger partial charge in [-0.15, -0.1) is 0 Å². The Kier molecular flexibility index (Phi) is 3.26. The van der Waals surface area contributed by atoms with Crippen LogP contribution in [0.5, 0.6) is 5.75 Å². The van der Waals surface area contributed by atoms with Crippen molar-refractivity contribution in [3.05, 3.63) is 23.8 Å². The molecular weight excluding hydrogens is 206 g/mol. The minimum atomic E-state index is 0.193. The van der Waals surface area contributed by atoms with E-state index >= 15 is 0 Å². The van der Waals surface area contributed by atoms with Crippen molar-refractivity contribution in [1.29, 1.82) is 0 Å². The molecule has 0 spiro atoms. The Morgan fingerprint density at radius 3 is 2.75 bits per heavy atom. The summed E-state index contributed by atoms with van der Waals surface area (Å²) < 4.78 is 5.27. The van der Waals surface area contributed by atoms with Gasteiger partial charge < -0.3 is 20.6 Å². The molecule has 0 aromatic heterocycles. The number of hydrazone groups is 1. The Hall–Kier alpha value is -1.75. The third-order valence-electron chi connectivity index (χ3n) is 2.60. The van der Waals surface area contributed by atoms with Crippen LogP contribution in [0.2, 0.25) is 0 Å². The molecule has 1 aliphatic rings. The maximum absolute atomic E-state index is 9.75. The zero-order chi connectivity index (χ0) is 11.4. The molecule has 0 unspecified atom stereocenters. The number of hydrogen-bond donors (Lipinski definition) is 2. The van der Waals surface area contributed by atoms with E-state index in [9.17, 15) is 5.11 Å². The lowest BCUT2D eigenvalue weighted by molar-refractivity contribution is 0.122. The summed E-state index contributed by atoms with van der Waals surface area (Å²) in [7, 11) is 0. The van der Waals surface area contributed by atoms with E-state index in [1.807, 2.05) is 6.07 Å². The fourth-order valence-electron chi connectivity index (χ4n) is 1.74. The van der Waals surface area contributed by atoms with Gasteiger partial charge in [-0.1, -0.05) is 0 Å². The van der Waals surface area contributed by atoms with E-state index < -0.39 is 0 Å². The van der Waals surface area contributed by atoms with Gasteiger partial charge in [0.15, 0.2) is 0 Å². The zero-order valence-electron chi connectivity index (χ0n) is 8.97. The molecule has 2 rings (SSSR count). The summed E-state index contributed by atoms with van der Waals surface area (Å²) in [5, 5.41) is 13.1. The molecule has 0 amide bonds. The van der Waals surface area contributed by atoms with Crippen LogP contribution in [-0.4, -0.2) is 37.6 Å². The van der Waals surface area contributed by atoms with Crippen LogP contribution in [0, 0.1) is 0 Å². The van der Waals surface area contributed by atoms with Crippen molar-refractivity contribution in [3.63, 3.8) is 0 Å². The highest BCUT2D eigenvalue weighted by atomic mass is 16.5. The number of phenolic OH excluding ortho intramolecular Hbond substituents is 1. The van der Waals surface area contributed by atoms with Crippen molar-refractivity contribution in [2.45, 2.75) is 0 Å². The lowest BCUT2D eigenvalue weighted by atomic mass is 10.2. The third-order valence-corrected chi connectivity index (χ3v) is 2.60. The molecule has 0 radical (unpaired) electrons. The smallest absolute Gasteiger partial charge is 0.126 e. The first-order valence-corrected chi connectivity index (χ1v) is 5.20. The average Bonchev–Trinajstić information content (AvgIpc) is 2.33. The topological polar surface area (TPSA) is 71.1 Å². The molecule has 1 aromatic rings. The number of benzene rings is 1. The molecule has 1 heterocycles. The van der Waals surface area contributed by atoms with Gasteiger partial charge in [-0.3, -0.25) is 0 Å².